The third-order valence-corrected chi connectivity index (χ3v) is 3.20. The van der Waals surface area contributed by atoms with Gasteiger partial charge in [-0.1, -0.05) is 0 Å². The number of amides is 2. The molecular formula is C12H23N3O3. The highest BCUT2D eigenvalue weighted by molar-refractivity contribution is 5.74. The van der Waals surface area contributed by atoms with E-state index in [0.717, 1.165) is 32.6 Å². The van der Waals surface area contributed by atoms with Crippen LogP contribution >= 0.6 is 0 Å². The lowest BCUT2D eigenvalue weighted by Gasteiger charge is -2.27. The zero-order valence-corrected chi connectivity index (χ0v) is 11.3. The van der Waals surface area contributed by atoms with Gasteiger partial charge in [-0.2, -0.15) is 0 Å². The van der Waals surface area contributed by atoms with Crippen molar-refractivity contribution in [3.63, 3.8) is 0 Å². The monoisotopic (exact) mass is 257 g/mol. The lowest BCUT2D eigenvalue weighted by Crippen LogP contribution is -2.43. The van der Waals surface area contributed by atoms with Crippen LogP contribution in [0.2, 0.25) is 0 Å². The number of likely N-dealkylation sites (N-methyl/N-ethyl adjacent to an activating group) is 1. The maximum Gasteiger partial charge on any atom is 0.319 e. The highest BCUT2D eigenvalue weighted by atomic mass is 16.4. The lowest BCUT2D eigenvalue weighted by molar-refractivity contribution is -0.137. The minimum Gasteiger partial charge on any atom is -0.481 e. The molecule has 0 aliphatic carbocycles. The quantitative estimate of drug-likeness (QED) is 0.798. The van der Waals surface area contributed by atoms with E-state index >= 15 is 0 Å². The summed E-state index contributed by atoms with van der Waals surface area (Å²) in [6, 6.07) is 0.00990. The second-order valence-corrected chi connectivity index (χ2v) is 4.85. The van der Waals surface area contributed by atoms with E-state index in [0.29, 0.717) is 13.0 Å². The number of carboxylic acid groups (broad SMARTS) is 1. The minimum absolute atomic E-state index is 0.00990. The molecule has 1 fully saturated rings. The average molecular weight is 257 g/mol. The molecule has 1 rings (SSSR count). The Morgan fingerprint density at radius 2 is 1.94 bits per heavy atom. The van der Waals surface area contributed by atoms with Gasteiger partial charge in [0.2, 0.25) is 0 Å². The summed E-state index contributed by atoms with van der Waals surface area (Å²) < 4.78 is 0. The van der Waals surface area contributed by atoms with Crippen molar-refractivity contribution in [3.8, 4) is 0 Å². The molecule has 0 aromatic rings. The van der Waals surface area contributed by atoms with Crippen LogP contribution in [0.15, 0.2) is 0 Å². The van der Waals surface area contributed by atoms with Crippen LogP contribution in [0.25, 0.3) is 0 Å². The van der Waals surface area contributed by atoms with Gasteiger partial charge in [0.1, 0.15) is 0 Å². The van der Waals surface area contributed by atoms with Crippen LogP contribution in [0, 0.1) is 0 Å². The molecule has 6 nitrogen and oxygen atoms in total. The highest BCUT2D eigenvalue weighted by Gasteiger charge is 2.20. The molecule has 1 aliphatic heterocycles. The number of carbonyl (C=O) groups excluding carboxylic acids is 1. The number of hydrogen-bond acceptors (Lipinski definition) is 3. The molecule has 0 aromatic carbocycles. The molecule has 18 heavy (non-hydrogen) atoms. The van der Waals surface area contributed by atoms with Gasteiger partial charge in [0.05, 0.1) is 0 Å². The normalized spacial score (nSPS) is 17.3. The lowest BCUT2D eigenvalue weighted by atomic mass is 10.3. The van der Waals surface area contributed by atoms with E-state index in [-0.39, 0.29) is 12.5 Å². The van der Waals surface area contributed by atoms with Crippen LogP contribution in [0.5, 0.6) is 0 Å². The predicted molar refractivity (Wildman–Crippen MR) is 68.6 cm³/mol. The Morgan fingerprint density at radius 1 is 1.22 bits per heavy atom. The van der Waals surface area contributed by atoms with Crippen molar-refractivity contribution in [1.82, 2.24) is 14.7 Å². The summed E-state index contributed by atoms with van der Waals surface area (Å²) in [5, 5.41) is 8.56. The molecule has 1 N–H and O–H groups in total. The van der Waals surface area contributed by atoms with E-state index in [1.807, 2.05) is 4.90 Å². The average Bonchev–Trinajstić information content (AvgIpc) is 2.52. The molecule has 0 atom stereocenters. The van der Waals surface area contributed by atoms with Crippen molar-refractivity contribution < 1.29 is 14.7 Å². The van der Waals surface area contributed by atoms with E-state index in [1.54, 1.807) is 11.9 Å². The van der Waals surface area contributed by atoms with Crippen molar-refractivity contribution in [3.05, 3.63) is 0 Å². The number of urea groups is 1. The third-order valence-electron chi connectivity index (χ3n) is 3.20. The molecule has 0 aromatic heterocycles. The summed E-state index contributed by atoms with van der Waals surface area (Å²) >= 11 is 0. The Balaban J connectivity index is 2.35. The predicted octanol–water partition coefficient (Wildman–Crippen LogP) is 0.540. The Labute approximate surface area is 108 Å². The number of carbonyl (C=O) groups is 2. The van der Waals surface area contributed by atoms with E-state index in [9.17, 15) is 9.59 Å². The maximum absolute atomic E-state index is 12.1. The molecular weight excluding hydrogens is 234 g/mol. The first kappa shape index (κ1) is 14.8. The van der Waals surface area contributed by atoms with Gasteiger partial charge < -0.3 is 19.8 Å². The Kier molecular flexibility index (Phi) is 5.91. The summed E-state index contributed by atoms with van der Waals surface area (Å²) in [7, 11) is 3.79. The first-order valence-electron chi connectivity index (χ1n) is 6.41. The summed E-state index contributed by atoms with van der Waals surface area (Å²) in [5.41, 5.74) is 0. The second kappa shape index (κ2) is 7.20. The molecule has 104 valence electrons. The fourth-order valence-electron chi connectivity index (χ4n) is 2.04. The van der Waals surface area contributed by atoms with Gasteiger partial charge in [-0.05, 0) is 26.4 Å². The van der Waals surface area contributed by atoms with Crippen LogP contribution in [-0.4, -0.2) is 78.6 Å². The van der Waals surface area contributed by atoms with E-state index in [1.165, 1.54) is 0 Å². The molecule has 2 amide bonds. The van der Waals surface area contributed by atoms with Crippen LogP contribution in [0.3, 0.4) is 0 Å². The number of carboxylic acids is 1. The Hall–Kier alpha value is -1.30. The molecule has 0 radical (unpaired) electrons. The number of aliphatic carboxylic acids is 1. The third kappa shape index (κ3) is 4.91. The van der Waals surface area contributed by atoms with E-state index in [4.69, 9.17) is 5.11 Å². The first-order valence-corrected chi connectivity index (χ1v) is 6.41. The SMILES string of the molecule is CN1CCCN(C(=O)N(C)CCCC(=O)O)CC1. The molecule has 0 bridgehead atoms. The second-order valence-electron chi connectivity index (χ2n) is 4.85. The largest absolute Gasteiger partial charge is 0.481 e. The number of nitrogens with zero attached hydrogens (tertiary/aromatic N) is 3. The van der Waals surface area contributed by atoms with Gasteiger partial charge in [0.25, 0.3) is 0 Å². The standard InChI is InChI=1S/C12H23N3O3/c1-13-6-4-8-15(10-9-13)12(18)14(2)7-3-5-11(16)17/h3-10H2,1-2H3,(H,16,17). The molecule has 1 saturated heterocycles. The van der Waals surface area contributed by atoms with Gasteiger partial charge in [0, 0.05) is 39.6 Å². The van der Waals surface area contributed by atoms with Crippen molar-refractivity contribution in [2.24, 2.45) is 0 Å². The molecule has 0 saturated carbocycles. The smallest absolute Gasteiger partial charge is 0.319 e. The summed E-state index contributed by atoms with van der Waals surface area (Å²) in [6.07, 6.45) is 1.61. The van der Waals surface area contributed by atoms with Crippen molar-refractivity contribution in [2.45, 2.75) is 19.3 Å². The van der Waals surface area contributed by atoms with Crippen molar-refractivity contribution in [1.29, 1.82) is 0 Å². The molecule has 1 aliphatic rings. The van der Waals surface area contributed by atoms with Crippen molar-refractivity contribution >= 4 is 12.0 Å². The fourth-order valence-corrected chi connectivity index (χ4v) is 2.04. The summed E-state index contributed by atoms with van der Waals surface area (Å²) in [5.74, 6) is -0.813. The number of rotatable bonds is 4. The zero-order chi connectivity index (χ0) is 13.5. The Morgan fingerprint density at radius 3 is 2.61 bits per heavy atom. The minimum atomic E-state index is -0.813. The van der Waals surface area contributed by atoms with Crippen LogP contribution in [-0.2, 0) is 4.79 Å². The van der Waals surface area contributed by atoms with Crippen LogP contribution in [0.4, 0.5) is 4.79 Å². The number of hydrogen-bond donors (Lipinski definition) is 1. The van der Waals surface area contributed by atoms with Crippen molar-refractivity contribution in [2.75, 3.05) is 46.8 Å². The summed E-state index contributed by atoms with van der Waals surface area (Å²) in [4.78, 5) is 28.2. The van der Waals surface area contributed by atoms with Gasteiger partial charge in [-0.3, -0.25) is 4.79 Å². The van der Waals surface area contributed by atoms with Gasteiger partial charge in [-0.15, -0.1) is 0 Å². The van der Waals surface area contributed by atoms with Crippen LogP contribution in [0.1, 0.15) is 19.3 Å². The van der Waals surface area contributed by atoms with E-state index in [2.05, 4.69) is 11.9 Å². The zero-order valence-electron chi connectivity index (χ0n) is 11.3. The molecule has 0 spiro atoms. The molecule has 0 unspecified atom stereocenters. The maximum atomic E-state index is 12.1. The first-order chi connectivity index (χ1) is 8.50. The van der Waals surface area contributed by atoms with Crippen LogP contribution < -0.4 is 0 Å². The van der Waals surface area contributed by atoms with Gasteiger partial charge in [-0.25, -0.2) is 4.79 Å². The molecule has 6 heteroatoms. The van der Waals surface area contributed by atoms with E-state index < -0.39 is 5.97 Å². The Bertz CT molecular complexity index is 296. The summed E-state index contributed by atoms with van der Waals surface area (Å²) in [6.45, 7) is 3.95. The topological polar surface area (TPSA) is 64.1 Å². The molecule has 1 heterocycles. The fraction of sp³-hybridized carbons (Fsp3) is 0.833. The van der Waals surface area contributed by atoms with Gasteiger partial charge in [0.15, 0.2) is 0 Å². The van der Waals surface area contributed by atoms with Gasteiger partial charge >= 0.3 is 12.0 Å². The highest BCUT2D eigenvalue weighted by Crippen LogP contribution is 2.05.